The minimum absolute atomic E-state index is 0.0277. The van der Waals surface area contributed by atoms with Gasteiger partial charge < -0.3 is 30.2 Å². The summed E-state index contributed by atoms with van der Waals surface area (Å²) in [5.41, 5.74) is 0.155. The van der Waals surface area contributed by atoms with Crippen LogP contribution in [0.4, 0.5) is 4.79 Å². The molecule has 270 valence electrons. The fourth-order valence-electron chi connectivity index (χ4n) is 4.99. The van der Waals surface area contributed by atoms with E-state index in [4.69, 9.17) is 9.57 Å². The first-order chi connectivity index (χ1) is 22.9. The van der Waals surface area contributed by atoms with Crippen molar-refractivity contribution in [1.82, 2.24) is 15.3 Å². The van der Waals surface area contributed by atoms with Gasteiger partial charge in [-0.05, 0) is 63.3 Å². The molecule has 0 heterocycles. The van der Waals surface area contributed by atoms with E-state index in [0.29, 0.717) is 17.5 Å². The van der Waals surface area contributed by atoms with Crippen molar-refractivity contribution in [1.29, 1.82) is 0 Å². The molecule has 13 heteroatoms. The highest BCUT2D eigenvalue weighted by Gasteiger charge is 2.42. The molecule has 4 N–H and O–H groups in total. The van der Waals surface area contributed by atoms with Gasteiger partial charge in [-0.25, -0.2) is 4.79 Å². The molecule has 13 nitrogen and oxygen atoms in total. The minimum atomic E-state index is -1.56. The van der Waals surface area contributed by atoms with Gasteiger partial charge in [-0.15, -0.1) is 5.06 Å². The zero-order chi connectivity index (χ0) is 36.9. The zero-order valence-corrected chi connectivity index (χ0v) is 29.4. The number of carboxylic acid groups (broad SMARTS) is 1. The first-order valence-electron chi connectivity index (χ1n) is 16.5. The molecule has 0 aromatic heterocycles. The number of imide groups is 1. The van der Waals surface area contributed by atoms with Gasteiger partial charge in [0.15, 0.2) is 0 Å². The molecule has 0 aliphatic rings. The molecule has 0 aliphatic heterocycles. The number of aliphatic hydroxyl groups excluding tert-OH is 1. The maximum atomic E-state index is 14.7. The lowest BCUT2D eigenvalue weighted by Gasteiger charge is -2.35. The Labute approximate surface area is 288 Å². The number of unbranched alkanes of at least 4 members (excludes halogenated alkanes) is 1. The van der Waals surface area contributed by atoms with Crippen molar-refractivity contribution in [3.05, 3.63) is 65.7 Å². The van der Waals surface area contributed by atoms with Crippen LogP contribution in [0.5, 0.6) is 5.75 Å². The second kappa shape index (κ2) is 18.9. The van der Waals surface area contributed by atoms with E-state index in [9.17, 15) is 39.3 Å². The number of nitrogens with one attached hydrogen (secondary N) is 1. The molecule has 0 saturated heterocycles. The molecule has 0 radical (unpaired) electrons. The summed E-state index contributed by atoms with van der Waals surface area (Å²) in [5, 5.41) is 33.7. The summed E-state index contributed by atoms with van der Waals surface area (Å²) < 4.78 is 5.27. The molecule has 5 atom stereocenters. The van der Waals surface area contributed by atoms with Crippen LogP contribution >= 0.6 is 0 Å². The van der Waals surface area contributed by atoms with Gasteiger partial charge in [0, 0.05) is 19.9 Å². The molecule has 2 aromatic rings. The number of hydroxylamine groups is 2. The molecular formula is C36H51N3O10. The molecule has 2 aromatic carbocycles. The first-order valence-corrected chi connectivity index (χ1v) is 16.5. The van der Waals surface area contributed by atoms with Crippen LogP contribution < -0.4 is 5.32 Å². The Morgan fingerprint density at radius 2 is 1.47 bits per heavy atom. The highest BCUT2D eigenvalue weighted by Crippen LogP contribution is 2.23. The van der Waals surface area contributed by atoms with Gasteiger partial charge in [-0.1, -0.05) is 69.2 Å². The number of aliphatic hydroxyl groups is 1. The number of phenols is 1. The van der Waals surface area contributed by atoms with Crippen LogP contribution in [0.25, 0.3) is 0 Å². The van der Waals surface area contributed by atoms with Crippen molar-refractivity contribution in [2.75, 3.05) is 7.05 Å². The van der Waals surface area contributed by atoms with E-state index >= 15 is 0 Å². The van der Waals surface area contributed by atoms with E-state index in [1.807, 2.05) is 6.92 Å². The van der Waals surface area contributed by atoms with Gasteiger partial charge in [0.2, 0.25) is 11.8 Å². The Morgan fingerprint density at radius 1 is 0.898 bits per heavy atom. The number of ether oxygens (including phenoxy) is 1. The highest BCUT2D eigenvalue weighted by atomic mass is 16.8. The Hall–Kier alpha value is -4.49. The number of likely N-dealkylation sites (N-methyl/N-ethyl adjacent to an activating group) is 1. The van der Waals surface area contributed by atoms with E-state index in [-0.39, 0.29) is 24.5 Å². The summed E-state index contributed by atoms with van der Waals surface area (Å²) in [4.78, 5) is 73.4. The van der Waals surface area contributed by atoms with Crippen LogP contribution in [0.15, 0.2) is 54.6 Å². The van der Waals surface area contributed by atoms with Gasteiger partial charge in [0.1, 0.15) is 29.5 Å². The molecule has 0 spiro atoms. The van der Waals surface area contributed by atoms with Crippen LogP contribution in [-0.4, -0.2) is 92.0 Å². The Bertz CT molecular complexity index is 1390. The largest absolute Gasteiger partial charge is 0.528 e. The number of nitrogens with zero attached hydrogens (tertiary/aromatic N) is 2. The van der Waals surface area contributed by atoms with Gasteiger partial charge in [0.25, 0.3) is 5.91 Å². The lowest BCUT2D eigenvalue weighted by Crippen LogP contribution is -2.60. The van der Waals surface area contributed by atoms with Crippen LogP contribution in [0.1, 0.15) is 78.4 Å². The standard InChI is InChI=1S/C36H51N3O10/c1-8-9-13-23(2)30(41)22-31(42)39(28(20-25-14-11-10-12-15-25)32(43)37-24(3)34(45)46)33(44)29(21-26-16-18-27(40)19-17-26)38(7)49-35(47)48-36(4,5)6/h10-12,14-19,23-24,28-30,40-41H,8-9,13,20-22H2,1-7H3,(H,37,43)(H,45,46)/t23-,24+,28+,29+,30-/m0/s1. The number of aromatic hydroxyl groups is 1. The number of hydrogen-bond acceptors (Lipinski definition) is 10. The molecule has 49 heavy (non-hydrogen) atoms. The molecule has 0 bridgehead atoms. The average molecular weight is 686 g/mol. The number of amides is 3. The van der Waals surface area contributed by atoms with Crippen LogP contribution in [0.3, 0.4) is 0 Å². The fraction of sp³-hybridized carbons (Fsp3) is 0.528. The second-order valence-corrected chi connectivity index (χ2v) is 13.3. The molecule has 0 unspecified atom stereocenters. The summed E-state index contributed by atoms with van der Waals surface area (Å²) in [5.74, 6) is -4.39. The number of carbonyl (C=O) groups is 5. The fourth-order valence-corrected chi connectivity index (χ4v) is 4.99. The summed E-state index contributed by atoms with van der Waals surface area (Å²) in [7, 11) is 1.30. The number of carbonyl (C=O) groups excluding carboxylic acids is 4. The predicted octanol–water partition coefficient (Wildman–Crippen LogP) is 4.23. The molecule has 3 amide bonds. The third-order valence-corrected chi connectivity index (χ3v) is 7.87. The predicted molar refractivity (Wildman–Crippen MR) is 181 cm³/mol. The Kier molecular flexibility index (Phi) is 15.7. The van der Waals surface area contributed by atoms with Crippen LogP contribution in [0.2, 0.25) is 0 Å². The van der Waals surface area contributed by atoms with Crippen LogP contribution in [-0.2, 0) is 41.6 Å². The smallest absolute Gasteiger partial charge is 0.508 e. The van der Waals surface area contributed by atoms with Gasteiger partial charge in [-0.2, -0.15) is 0 Å². The van der Waals surface area contributed by atoms with Crippen molar-refractivity contribution in [2.24, 2.45) is 5.92 Å². The highest BCUT2D eigenvalue weighted by molar-refractivity contribution is 6.03. The number of benzene rings is 2. The first kappa shape index (κ1) is 40.7. The zero-order valence-electron chi connectivity index (χ0n) is 29.4. The lowest BCUT2D eigenvalue weighted by molar-refractivity contribution is -0.175. The maximum Gasteiger partial charge on any atom is 0.528 e. The number of hydrogen-bond donors (Lipinski definition) is 4. The third kappa shape index (κ3) is 13.5. The maximum absolute atomic E-state index is 14.7. The molecular weight excluding hydrogens is 634 g/mol. The van der Waals surface area contributed by atoms with Gasteiger partial charge in [0.05, 0.1) is 12.5 Å². The Morgan fingerprint density at radius 3 is 2.02 bits per heavy atom. The van der Waals surface area contributed by atoms with Gasteiger partial charge >= 0.3 is 12.1 Å². The minimum Gasteiger partial charge on any atom is -0.508 e. The molecule has 0 aliphatic carbocycles. The topological polar surface area (TPSA) is 183 Å². The number of rotatable bonds is 17. The molecule has 2 rings (SSSR count). The monoisotopic (exact) mass is 685 g/mol. The van der Waals surface area contributed by atoms with Crippen molar-refractivity contribution in [2.45, 2.75) is 110 Å². The second-order valence-electron chi connectivity index (χ2n) is 13.3. The number of aliphatic carboxylic acids is 1. The van der Waals surface area contributed by atoms with Gasteiger partial charge in [-0.3, -0.25) is 24.1 Å². The summed E-state index contributed by atoms with van der Waals surface area (Å²) in [6.45, 7) is 9.93. The number of carboxylic acids is 1. The van der Waals surface area contributed by atoms with E-state index in [0.717, 1.165) is 22.8 Å². The third-order valence-electron chi connectivity index (χ3n) is 7.87. The summed E-state index contributed by atoms with van der Waals surface area (Å²) >= 11 is 0. The quantitative estimate of drug-likeness (QED) is 0.138. The SMILES string of the molecule is CCCC[C@H](C)[C@@H](O)CC(=O)N(C(=O)[C@@H](Cc1ccc(O)cc1)N(C)OC(=O)OC(C)(C)C)[C@H](Cc1ccccc1)C(=O)N[C@H](C)C(=O)O. The average Bonchev–Trinajstić information content (AvgIpc) is 3.02. The van der Waals surface area contributed by atoms with E-state index in [2.05, 4.69) is 5.32 Å². The van der Waals surface area contributed by atoms with E-state index in [1.54, 1.807) is 70.2 Å². The van der Waals surface area contributed by atoms with E-state index < -0.39 is 66.1 Å². The van der Waals surface area contributed by atoms with E-state index in [1.165, 1.54) is 26.1 Å². The molecule has 0 saturated carbocycles. The lowest BCUT2D eigenvalue weighted by atomic mass is 9.94. The normalized spacial score (nSPS) is 14.6. The summed E-state index contributed by atoms with van der Waals surface area (Å²) in [6.07, 6.45) is -0.805. The van der Waals surface area contributed by atoms with Crippen molar-refractivity contribution < 1.29 is 48.9 Å². The Balaban J connectivity index is 2.70. The van der Waals surface area contributed by atoms with Crippen molar-refractivity contribution in [3.63, 3.8) is 0 Å². The molecule has 0 fully saturated rings. The summed E-state index contributed by atoms with van der Waals surface area (Å²) in [6, 6.07) is 10.1. The van der Waals surface area contributed by atoms with Crippen molar-refractivity contribution in [3.8, 4) is 5.75 Å². The number of phenolic OH excluding ortho intramolecular Hbond substituents is 1. The van der Waals surface area contributed by atoms with Crippen LogP contribution in [0, 0.1) is 5.92 Å². The van der Waals surface area contributed by atoms with Crippen molar-refractivity contribution >= 4 is 29.8 Å².